The molecule has 0 saturated carbocycles. The average molecular weight is 367 g/mol. The third kappa shape index (κ3) is 4.61. The number of hydrogen-bond acceptors (Lipinski definition) is 6. The molecule has 11 heteroatoms. The van der Waals surface area contributed by atoms with Gasteiger partial charge < -0.3 is 5.32 Å². The van der Waals surface area contributed by atoms with Crippen LogP contribution in [0.4, 0.5) is 5.69 Å². The maximum Gasteiger partial charge on any atom is 0.270 e. The molecule has 0 spiro atoms. The van der Waals surface area contributed by atoms with Gasteiger partial charge in [-0.15, -0.1) is 0 Å². The summed E-state index contributed by atoms with van der Waals surface area (Å²) in [6.45, 7) is 1.74. The molecule has 1 aromatic carbocycles. The second kappa shape index (κ2) is 7.40. The zero-order valence-corrected chi connectivity index (χ0v) is 14.4. The van der Waals surface area contributed by atoms with Crippen LogP contribution in [0, 0.1) is 17.0 Å². The zero-order valence-electron chi connectivity index (χ0n) is 13.6. The summed E-state index contributed by atoms with van der Waals surface area (Å²) in [4.78, 5) is 21.8. The van der Waals surface area contributed by atoms with Crippen LogP contribution < -0.4 is 10.0 Å². The van der Waals surface area contributed by atoms with Gasteiger partial charge in [0, 0.05) is 32.3 Å². The molecule has 0 saturated heterocycles. The summed E-state index contributed by atoms with van der Waals surface area (Å²) >= 11 is 0. The molecule has 2 N–H and O–H groups in total. The van der Waals surface area contributed by atoms with Crippen molar-refractivity contribution in [3.05, 3.63) is 51.8 Å². The minimum atomic E-state index is -3.91. The molecule has 10 nitrogen and oxygen atoms in total. The van der Waals surface area contributed by atoms with Crippen molar-refractivity contribution in [2.75, 3.05) is 13.1 Å². The quantitative estimate of drug-likeness (QED) is 0.411. The van der Waals surface area contributed by atoms with Crippen molar-refractivity contribution in [1.29, 1.82) is 0 Å². The molecule has 0 fully saturated rings. The van der Waals surface area contributed by atoms with Crippen LogP contribution in [-0.4, -0.2) is 42.1 Å². The minimum Gasteiger partial charge on any atom is -0.349 e. The fourth-order valence-corrected chi connectivity index (χ4v) is 3.19. The predicted octanol–water partition coefficient (Wildman–Crippen LogP) is 0.345. The normalized spacial score (nSPS) is 11.3. The molecule has 0 bridgehead atoms. The average Bonchev–Trinajstić information content (AvgIpc) is 2.90. The van der Waals surface area contributed by atoms with Crippen molar-refractivity contribution in [1.82, 2.24) is 19.8 Å². The summed E-state index contributed by atoms with van der Waals surface area (Å²) in [6.07, 6.45) is 0. The Morgan fingerprint density at radius 2 is 2.04 bits per heavy atom. The smallest absolute Gasteiger partial charge is 0.270 e. The Morgan fingerprint density at radius 3 is 2.64 bits per heavy atom. The minimum absolute atomic E-state index is 0.0528. The molecule has 0 aliphatic heterocycles. The van der Waals surface area contributed by atoms with Gasteiger partial charge in [-0.3, -0.25) is 19.6 Å². The van der Waals surface area contributed by atoms with E-state index in [-0.39, 0.29) is 29.6 Å². The van der Waals surface area contributed by atoms with E-state index < -0.39 is 14.9 Å². The SMILES string of the molecule is Cc1cc(C(=O)NCCNS(=O)(=O)c2cccc([N+](=O)[O-])c2)n(C)n1. The number of non-ortho nitro benzene ring substituents is 1. The van der Waals surface area contributed by atoms with E-state index in [0.717, 1.165) is 6.07 Å². The van der Waals surface area contributed by atoms with E-state index in [1.54, 1.807) is 20.0 Å². The van der Waals surface area contributed by atoms with Crippen molar-refractivity contribution in [3.8, 4) is 0 Å². The Hall–Kier alpha value is -2.79. The summed E-state index contributed by atoms with van der Waals surface area (Å²) in [5.74, 6) is -0.377. The zero-order chi connectivity index (χ0) is 18.6. The molecule has 1 heterocycles. The lowest BCUT2D eigenvalue weighted by molar-refractivity contribution is -0.385. The van der Waals surface area contributed by atoms with Gasteiger partial charge in [0.2, 0.25) is 10.0 Å². The second-order valence-electron chi connectivity index (χ2n) is 5.20. The number of carbonyl (C=O) groups excluding carboxylic acids is 1. The third-order valence-corrected chi connectivity index (χ3v) is 4.73. The number of hydrogen-bond donors (Lipinski definition) is 2. The number of nitrogens with one attached hydrogen (secondary N) is 2. The number of benzene rings is 1. The first kappa shape index (κ1) is 18.5. The number of aromatic nitrogens is 2. The topological polar surface area (TPSA) is 136 Å². The molecule has 25 heavy (non-hydrogen) atoms. The summed E-state index contributed by atoms with van der Waals surface area (Å²) in [6, 6.07) is 6.34. The number of nitrogens with zero attached hydrogens (tertiary/aromatic N) is 3. The second-order valence-corrected chi connectivity index (χ2v) is 6.97. The number of carbonyl (C=O) groups is 1. The van der Waals surface area contributed by atoms with Crippen LogP contribution in [0.3, 0.4) is 0 Å². The Bertz CT molecular complexity index is 906. The van der Waals surface area contributed by atoms with E-state index in [9.17, 15) is 23.3 Å². The first-order valence-corrected chi connectivity index (χ1v) is 8.72. The van der Waals surface area contributed by atoms with Crippen LogP contribution in [0.1, 0.15) is 16.2 Å². The van der Waals surface area contributed by atoms with E-state index in [1.165, 1.54) is 22.9 Å². The van der Waals surface area contributed by atoms with Gasteiger partial charge in [-0.1, -0.05) is 6.07 Å². The third-order valence-electron chi connectivity index (χ3n) is 3.28. The van der Waals surface area contributed by atoms with Crippen molar-refractivity contribution in [3.63, 3.8) is 0 Å². The Kier molecular flexibility index (Phi) is 5.49. The van der Waals surface area contributed by atoms with Crippen LogP contribution in [0.25, 0.3) is 0 Å². The van der Waals surface area contributed by atoms with Crippen molar-refractivity contribution in [2.24, 2.45) is 7.05 Å². The lowest BCUT2D eigenvalue weighted by atomic mass is 10.3. The largest absolute Gasteiger partial charge is 0.349 e. The summed E-state index contributed by atoms with van der Waals surface area (Å²) in [5, 5.41) is 17.3. The molecule has 0 aliphatic rings. The molecule has 2 rings (SSSR count). The predicted molar refractivity (Wildman–Crippen MR) is 88.6 cm³/mol. The monoisotopic (exact) mass is 367 g/mol. The van der Waals surface area contributed by atoms with E-state index in [2.05, 4.69) is 15.1 Å². The van der Waals surface area contributed by atoms with Crippen molar-refractivity contribution < 1.29 is 18.1 Å². The highest BCUT2D eigenvalue weighted by molar-refractivity contribution is 7.89. The van der Waals surface area contributed by atoms with Crippen LogP contribution in [0.2, 0.25) is 0 Å². The van der Waals surface area contributed by atoms with Gasteiger partial charge in [-0.25, -0.2) is 13.1 Å². The molecule has 2 aromatic rings. The number of rotatable bonds is 7. The molecular weight excluding hydrogens is 350 g/mol. The van der Waals surface area contributed by atoms with Gasteiger partial charge in [-0.2, -0.15) is 5.10 Å². The lowest BCUT2D eigenvalue weighted by Gasteiger charge is -2.08. The van der Waals surface area contributed by atoms with Gasteiger partial charge in [0.25, 0.3) is 11.6 Å². The maximum absolute atomic E-state index is 12.1. The van der Waals surface area contributed by atoms with Crippen LogP contribution in [0.15, 0.2) is 35.2 Å². The summed E-state index contributed by atoms with van der Waals surface area (Å²) in [7, 11) is -2.27. The van der Waals surface area contributed by atoms with Crippen molar-refractivity contribution >= 4 is 21.6 Å². The highest BCUT2D eigenvalue weighted by atomic mass is 32.2. The fraction of sp³-hybridized carbons (Fsp3) is 0.286. The molecule has 1 aromatic heterocycles. The standard InChI is InChI=1S/C14H17N5O5S/c1-10-8-13(18(2)17-10)14(20)15-6-7-16-25(23,24)12-5-3-4-11(9-12)19(21)22/h3-5,8-9,16H,6-7H2,1-2H3,(H,15,20). The van der Waals surface area contributed by atoms with Gasteiger partial charge in [-0.05, 0) is 19.1 Å². The number of sulfonamides is 1. The van der Waals surface area contributed by atoms with Crippen LogP contribution >= 0.6 is 0 Å². The molecule has 1 amide bonds. The Balaban J connectivity index is 1.92. The van der Waals surface area contributed by atoms with Gasteiger partial charge in [0.05, 0.1) is 15.5 Å². The fourth-order valence-electron chi connectivity index (χ4n) is 2.12. The molecule has 0 radical (unpaired) electrons. The van der Waals surface area contributed by atoms with Gasteiger partial charge in [0.15, 0.2) is 0 Å². The Labute approximate surface area is 144 Å². The molecule has 0 aliphatic carbocycles. The first-order valence-electron chi connectivity index (χ1n) is 7.23. The van der Waals surface area contributed by atoms with E-state index in [1.807, 2.05) is 0 Å². The van der Waals surface area contributed by atoms with E-state index >= 15 is 0 Å². The molecule has 134 valence electrons. The molecular formula is C14H17N5O5S. The highest BCUT2D eigenvalue weighted by Gasteiger charge is 2.17. The van der Waals surface area contributed by atoms with E-state index in [0.29, 0.717) is 11.4 Å². The van der Waals surface area contributed by atoms with E-state index in [4.69, 9.17) is 0 Å². The van der Waals surface area contributed by atoms with Gasteiger partial charge >= 0.3 is 0 Å². The number of nitro groups is 1. The summed E-state index contributed by atoms with van der Waals surface area (Å²) < 4.78 is 27.9. The van der Waals surface area contributed by atoms with Crippen LogP contribution in [-0.2, 0) is 17.1 Å². The van der Waals surface area contributed by atoms with Gasteiger partial charge in [0.1, 0.15) is 5.69 Å². The number of amides is 1. The maximum atomic E-state index is 12.1. The van der Waals surface area contributed by atoms with Crippen LogP contribution in [0.5, 0.6) is 0 Å². The van der Waals surface area contributed by atoms with Crippen molar-refractivity contribution in [2.45, 2.75) is 11.8 Å². The lowest BCUT2D eigenvalue weighted by Crippen LogP contribution is -2.35. The number of nitro benzene ring substituents is 1. The highest BCUT2D eigenvalue weighted by Crippen LogP contribution is 2.16. The molecule has 0 atom stereocenters. The Morgan fingerprint density at radius 1 is 1.32 bits per heavy atom. The first-order chi connectivity index (χ1) is 11.7. The summed E-state index contributed by atoms with van der Waals surface area (Å²) in [5.41, 5.74) is 0.737. The molecule has 0 unspecified atom stereocenters. The number of aryl methyl sites for hydroxylation is 2.